The minimum atomic E-state index is -0.175. The molecule has 2 rings (SSSR count). The van der Waals surface area contributed by atoms with Crippen LogP contribution in [0.4, 0.5) is 0 Å². The first kappa shape index (κ1) is 12.6. The van der Waals surface area contributed by atoms with Gasteiger partial charge in [-0.15, -0.1) is 0 Å². The van der Waals surface area contributed by atoms with E-state index in [2.05, 4.69) is 5.32 Å². The Morgan fingerprint density at radius 2 is 2.22 bits per heavy atom. The average molecular weight is 246 g/mol. The van der Waals surface area contributed by atoms with Gasteiger partial charge in [0.15, 0.2) is 5.76 Å². The van der Waals surface area contributed by atoms with Gasteiger partial charge in [0.25, 0.3) is 5.91 Å². The lowest BCUT2D eigenvalue weighted by atomic mass is 10.1. The molecule has 0 spiro atoms. The molecule has 0 saturated heterocycles. The lowest BCUT2D eigenvalue weighted by Gasteiger charge is -2.14. The number of fused-ring (bicyclic) bond motifs is 1. The van der Waals surface area contributed by atoms with E-state index in [1.54, 1.807) is 6.07 Å². The highest BCUT2D eigenvalue weighted by atomic mass is 16.3. The van der Waals surface area contributed by atoms with Crippen LogP contribution in [0, 0.1) is 0 Å². The molecule has 1 aromatic carbocycles. The molecule has 3 N–H and O–H groups in total. The molecular weight excluding hydrogens is 228 g/mol. The van der Waals surface area contributed by atoms with Gasteiger partial charge in [-0.2, -0.15) is 0 Å². The fourth-order valence-electron chi connectivity index (χ4n) is 1.93. The van der Waals surface area contributed by atoms with Crippen molar-refractivity contribution in [2.45, 2.75) is 25.8 Å². The maximum absolute atomic E-state index is 12.0. The molecule has 1 amide bonds. The Balaban J connectivity index is 2.13. The highest BCUT2D eigenvalue weighted by Gasteiger charge is 2.15. The molecule has 4 heteroatoms. The van der Waals surface area contributed by atoms with E-state index in [0.717, 1.165) is 23.8 Å². The fourth-order valence-corrected chi connectivity index (χ4v) is 1.93. The van der Waals surface area contributed by atoms with Gasteiger partial charge in [0.1, 0.15) is 5.58 Å². The first-order valence-electron chi connectivity index (χ1n) is 6.24. The molecule has 0 aliphatic heterocycles. The Morgan fingerprint density at radius 1 is 1.44 bits per heavy atom. The summed E-state index contributed by atoms with van der Waals surface area (Å²) in [6, 6.07) is 9.45. The summed E-state index contributed by atoms with van der Waals surface area (Å²) in [6.07, 6.45) is 1.64. The van der Waals surface area contributed by atoms with Crippen molar-refractivity contribution in [3.63, 3.8) is 0 Å². The summed E-state index contributed by atoms with van der Waals surface area (Å²) >= 11 is 0. The van der Waals surface area contributed by atoms with Crippen molar-refractivity contribution in [1.82, 2.24) is 5.32 Å². The van der Waals surface area contributed by atoms with Crippen LogP contribution >= 0.6 is 0 Å². The van der Waals surface area contributed by atoms with Crippen LogP contribution in [0.25, 0.3) is 11.0 Å². The zero-order valence-corrected chi connectivity index (χ0v) is 10.5. The summed E-state index contributed by atoms with van der Waals surface area (Å²) in [7, 11) is 0. The topological polar surface area (TPSA) is 68.3 Å². The summed E-state index contributed by atoms with van der Waals surface area (Å²) in [6.45, 7) is 2.60. The van der Waals surface area contributed by atoms with Crippen LogP contribution in [0.2, 0.25) is 0 Å². The molecule has 1 aromatic heterocycles. The van der Waals surface area contributed by atoms with E-state index < -0.39 is 0 Å². The predicted octanol–water partition coefficient (Wildman–Crippen LogP) is 2.29. The highest BCUT2D eigenvalue weighted by Crippen LogP contribution is 2.18. The maximum Gasteiger partial charge on any atom is 0.287 e. The number of hydrogen-bond donors (Lipinski definition) is 2. The lowest BCUT2D eigenvalue weighted by molar-refractivity contribution is 0.0908. The zero-order chi connectivity index (χ0) is 13.0. The number of hydrogen-bond acceptors (Lipinski definition) is 3. The van der Waals surface area contributed by atoms with Gasteiger partial charge < -0.3 is 15.5 Å². The summed E-state index contributed by atoms with van der Waals surface area (Å²) in [5, 5.41) is 3.87. The van der Waals surface area contributed by atoms with E-state index in [1.807, 2.05) is 31.2 Å². The van der Waals surface area contributed by atoms with Crippen molar-refractivity contribution >= 4 is 16.9 Å². The van der Waals surface area contributed by atoms with E-state index in [1.165, 1.54) is 0 Å². The largest absolute Gasteiger partial charge is 0.451 e. The molecule has 0 aliphatic rings. The average Bonchev–Trinajstić information content (AvgIpc) is 2.82. The van der Waals surface area contributed by atoms with E-state index in [9.17, 15) is 4.79 Å². The summed E-state index contributed by atoms with van der Waals surface area (Å²) in [5.41, 5.74) is 6.24. The van der Waals surface area contributed by atoms with E-state index >= 15 is 0 Å². The molecule has 1 unspecified atom stereocenters. The van der Waals surface area contributed by atoms with Crippen molar-refractivity contribution in [3.05, 3.63) is 36.1 Å². The number of nitrogens with two attached hydrogens (primary N) is 1. The molecule has 1 heterocycles. The molecule has 96 valence electrons. The number of carbonyl (C=O) groups is 1. The Bertz CT molecular complexity index is 500. The number of para-hydroxylation sites is 1. The number of amides is 1. The van der Waals surface area contributed by atoms with Gasteiger partial charge in [-0.05, 0) is 31.5 Å². The normalized spacial score (nSPS) is 12.6. The van der Waals surface area contributed by atoms with Gasteiger partial charge in [0.05, 0.1) is 0 Å². The number of furan rings is 1. The van der Waals surface area contributed by atoms with Gasteiger partial charge in [-0.25, -0.2) is 0 Å². The number of benzene rings is 1. The predicted molar refractivity (Wildman–Crippen MR) is 71.4 cm³/mol. The third-order valence-electron chi connectivity index (χ3n) is 2.99. The van der Waals surface area contributed by atoms with Crippen LogP contribution in [-0.2, 0) is 0 Å². The van der Waals surface area contributed by atoms with E-state index in [0.29, 0.717) is 12.3 Å². The Morgan fingerprint density at radius 3 is 2.89 bits per heavy atom. The summed E-state index contributed by atoms with van der Waals surface area (Å²) in [4.78, 5) is 12.0. The molecule has 4 nitrogen and oxygen atoms in total. The van der Waals surface area contributed by atoms with Gasteiger partial charge in [-0.1, -0.05) is 25.1 Å². The smallest absolute Gasteiger partial charge is 0.287 e. The van der Waals surface area contributed by atoms with Crippen LogP contribution in [0.1, 0.15) is 30.3 Å². The van der Waals surface area contributed by atoms with E-state index in [-0.39, 0.29) is 11.9 Å². The third-order valence-corrected chi connectivity index (χ3v) is 2.99. The monoisotopic (exact) mass is 246 g/mol. The Kier molecular flexibility index (Phi) is 3.99. The second kappa shape index (κ2) is 5.69. The van der Waals surface area contributed by atoms with Crippen molar-refractivity contribution < 1.29 is 9.21 Å². The van der Waals surface area contributed by atoms with Crippen LogP contribution in [0.5, 0.6) is 0 Å². The van der Waals surface area contributed by atoms with Crippen molar-refractivity contribution in [3.8, 4) is 0 Å². The van der Waals surface area contributed by atoms with Crippen LogP contribution in [-0.4, -0.2) is 18.5 Å². The quantitative estimate of drug-likeness (QED) is 0.850. The van der Waals surface area contributed by atoms with E-state index in [4.69, 9.17) is 10.2 Å². The number of nitrogens with one attached hydrogen (secondary N) is 1. The molecule has 0 bridgehead atoms. The SMILES string of the molecule is CCC(CCN)NC(=O)c1cc2ccccc2o1. The maximum atomic E-state index is 12.0. The molecule has 0 radical (unpaired) electrons. The van der Waals surface area contributed by atoms with Crippen LogP contribution in [0.15, 0.2) is 34.7 Å². The number of carbonyl (C=O) groups excluding carboxylic acids is 1. The van der Waals surface area contributed by atoms with Crippen molar-refractivity contribution in [2.24, 2.45) is 5.73 Å². The van der Waals surface area contributed by atoms with Crippen LogP contribution < -0.4 is 11.1 Å². The van der Waals surface area contributed by atoms with Gasteiger partial charge in [-0.3, -0.25) is 4.79 Å². The molecule has 0 saturated carbocycles. The minimum absolute atomic E-state index is 0.107. The molecule has 0 fully saturated rings. The fraction of sp³-hybridized carbons (Fsp3) is 0.357. The molecule has 0 aliphatic carbocycles. The Labute approximate surface area is 106 Å². The standard InChI is InChI=1S/C14H18N2O2/c1-2-11(7-8-15)16-14(17)13-9-10-5-3-4-6-12(10)18-13/h3-6,9,11H,2,7-8,15H2,1H3,(H,16,17). The first-order valence-corrected chi connectivity index (χ1v) is 6.24. The zero-order valence-electron chi connectivity index (χ0n) is 10.5. The van der Waals surface area contributed by atoms with Crippen LogP contribution in [0.3, 0.4) is 0 Å². The molecular formula is C14H18N2O2. The molecule has 18 heavy (non-hydrogen) atoms. The second-order valence-electron chi connectivity index (χ2n) is 4.30. The highest BCUT2D eigenvalue weighted by molar-refractivity contribution is 5.96. The lowest BCUT2D eigenvalue weighted by Crippen LogP contribution is -2.35. The molecule has 1 atom stereocenters. The summed E-state index contributed by atoms with van der Waals surface area (Å²) < 4.78 is 5.51. The minimum Gasteiger partial charge on any atom is -0.451 e. The first-order chi connectivity index (χ1) is 8.74. The summed E-state index contributed by atoms with van der Waals surface area (Å²) in [5.74, 6) is 0.179. The second-order valence-corrected chi connectivity index (χ2v) is 4.30. The van der Waals surface area contributed by atoms with Crippen molar-refractivity contribution in [1.29, 1.82) is 0 Å². The number of rotatable bonds is 5. The molecule has 2 aromatic rings. The van der Waals surface area contributed by atoms with Gasteiger partial charge in [0.2, 0.25) is 0 Å². The third kappa shape index (κ3) is 2.71. The van der Waals surface area contributed by atoms with Gasteiger partial charge >= 0.3 is 0 Å². The Hall–Kier alpha value is -1.81. The van der Waals surface area contributed by atoms with Crippen molar-refractivity contribution in [2.75, 3.05) is 6.54 Å². The van der Waals surface area contributed by atoms with Gasteiger partial charge in [0, 0.05) is 11.4 Å².